The molecule has 0 fully saturated rings. The van der Waals surface area contributed by atoms with Crippen molar-refractivity contribution in [3.63, 3.8) is 0 Å². The van der Waals surface area contributed by atoms with Crippen molar-refractivity contribution < 1.29 is 31.3 Å². The van der Waals surface area contributed by atoms with Crippen molar-refractivity contribution in [1.29, 1.82) is 0 Å². The lowest BCUT2D eigenvalue weighted by Gasteiger charge is -2.37. The molecular formula is C23H15F5N6O2. The highest BCUT2D eigenvalue weighted by molar-refractivity contribution is 6.03. The zero-order valence-corrected chi connectivity index (χ0v) is 18.1. The molecule has 2 aromatic heterocycles. The Hall–Kier alpha value is -4.42. The summed E-state index contributed by atoms with van der Waals surface area (Å²) in [5.41, 5.74) is 1.72. The van der Waals surface area contributed by atoms with Crippen LogP contribution in [0.1, 0.15) is 17.3 Å². The van der Waals surface area contributed by atoms with Crippen molar-refractivity contribution in [3.05, 3.63) is 83.8 Å². The molecule has 0 radical (unpaired) electrons. The van der Waals surface area contributed by atoms with E-state index >= 15 is 0 Å². The number of nitrogens with zero attached hydrogens (tertiary/aromatic N) is 5. The van der Waals surface area contributed by atoms with Crippen LogP contribution in [0.3, 0.4) is 0 Å². The third-order valence-electron chi connectivity index (χ3n) is 5.51. The van der Waals surface area contributed by atoms with Gasteiger partial charge < -0.3 is 14.7 Å². The zero-order valence-electron chi connectivity index (χ0n) is 18.1. The lowest BCUT2D eigenvalue weighted by molar-refractivity contribution is -0.159. The highest BCUT2D eigenvalue weighted by atomic mass is 19.4. The Morgan fingerprint density at radius 1 is 1.03 bits per heavy atom. The fourth-order valence-corrected chi connectivity index (χ4v) is 3.80. The molecular weight excluding hydrogens is 487 g/mol. The molecule has 2 aromatic carbocycles. The van der Waals surface area contributed by atoms with Crippen LogP contribution in [-0.2, 0) is 23.9 Å². The number of hydrogen-bond acceptors (Lipinski definition) is 7. The van der Waals surface area contributed by atoms with Crippen LogP contribution in [0.5, 0.6) is 0 Å². The first kappa shape index (κ1) is 23.3. The zero-order chi connectivity index (χ0) is 25.4. The minimum Gasteiger partial charge on any atom is -0.350 e. The molecule has 0 saturated heterocycles. The molecule has 1 aliphatic rings. The van der Waals surface area contributed by atoms with Crippen LogP contribution in [0.2, 0.25) is 0 Å². The number of anilines is 2. The fraction of sp³-hybridized carbons (Fsp3) is 0.174. The maximum absolute atomic E-state index is 13.8. The van der Waals surface area contributed by atoms with Gasteiger partial charge in [0.25, 0.3) is 0 Å². The fourth-order valence-electron chi connectivity index (χ4n) is 3.80. The molecule has 1 amide bonds. The summed E-state index contributed by atoms with van der Waals surface area (Å²) in [7, 11) is 0. The summed E-state index contributed by atoms with van der Waals surface area (Å²) < 4.78 is 69.5. The molecule has 1 atom stereocenters. The predicted octanol–water partition coefficient (Wildman–Crippen LogP) is 4.39. The number of benzene rings is 2. The molecule has 184 valence electrons. The number of amides is 1. The van der Waals surface area contributed by atoms with Gasteiger partial charge in [0.05, 0.1) is 23.5 Å². The van der Waals surface area contributed by atoms with Crippen LogP contribution >= 0.6 is 0 Å². The van der Waals surface area contributed by atoms with E-state index in [0.717, 1.165) is 12.1 Å². The van der Waals surface area contributed by atoms with Crippen LogP contribution in [-0.4, -0.2) is 32.1 Å². The minimum absolute atomic E-state index is 0.0408. The average molecular weight is 502 g/mol. The Balaban J connectivity index is 1.43. The summed E-state index contributed by atoms with van der Waals surface area (Å²) in [6.45, 7) is 0.0408. The summed E-state index contributed by atoms with van der Waals surface area (Å²) in [4.78, 5) is 26.4. The Bertz CT molecular complexity index is 1420. The highest BCUT2D eigenvalue weighted by Crippen LogP contribution is 2.34. The molecule has 36 heavy (non-hydrogen) atoms. The van der Waals surface area contributed by atoms with Crippen molar-refractivity contribution in [2.24, 2.45) is 0 Å². The maximum atomic E-state index is 13.8. The second kappa shape index (κ2) is 8.98. The van der Waals surface area contributed by atoms with E-state index in [-0.39, 0.29) is 36.1 Å². The maximum Gasteiger partial charge on any atom is 0.471 e. The molecule has 0 bridgehead atoms. The highest BCUT2D eigenvalue weighted by Gasteiger charge is 2.38. The number of carbonyl (C=O) groups is 1. The molecule has 3 heterocycles. The number of alkyl halides is 3. The quantitative estimate of drug-likeness (QED) is 0.404. The van der Waals surface area contributed by atoms with E-state index in [4.69, 9.17) is 0 Å². The van der Waals surface area contributed by atoms with Gasteiger partial charge >= 0.3 is 12.1 Å². The van der Waals surface area contributed by atoms with E-state index in [2.05, 4.69) is 29.9 Å². The van der Waals surface area contributed by atoms with Crippen LogP contribution in [0.4, 0.5) is 33.3 Å². The number of nitrogens with one attached hydrogen (secondary N) is 1. The summed E-state index contributed by atoms with van der Waals surface area (Å²) in [6.07, 6.45) is -2.23. The van der Waals surface area contributed by atoms with Gasteiger partial charge in [0.15, 0.2) is 11.6 Å². The summed E-state index contributed by atoms with van der Waals surface area (Å²) in [5, 5.41) is 6.11. The molecule has 0 aliphatic carbocycles. The Morgan fingerprint density at radius 2 is 1.78 bits per heavy atom. The van der Waals surface area contributed by atoms with Gasteiger partial charge in [0.2, 0.25) is 11.7 Å². The Labute approximate surface area is 199 Å². The third-order valence-corrected chi connectivity index (χ3v) is 5.51. The molecule has 1 aliphatic heterocycles. The van der Waals surface area contributed by atoms with E-state index in [1.165, 1.54) is 18.5 Å². The minimum atomic E-state index is -4.78. The molecule has 4 aromatic rings. The van der Waals surface area contributed by atoms with Gasteiger partial charge in [-0.3, -0.25) is 4.79 Å². The summed E-state index contributed by atoms with van der Waals surface area (Å²) >= 11 is 0. The molecule has 1 N–H and O–H groups in total. The van der Waals surface area contributed by atoms with Gasteiger partial charge in [-0.25, -0.2) is 18.7 Å². The number of halogens is 5. The molecule has 13 heteroatoms. The van der Waals surface area contributed by atoms with Gasteiger partial charge in [-0.15, -0.1) is 0 Å². The topological polar surface area (TPSA) is 97.0 Å². The Morgan fingerprint density at radius 3 is 2.47 bits per heavy atom. The molecule has 0 spiro atoms. The van der Waals surface area contributed by atoms with Crippen LogP contribution in [0.25, 0.3) is 11.4 Å². The summed E-state index contributed by atoms with van der Waals surface area (Å²) in [5.74, 6) is -3.94. The SMILES string of the molecule is O=C1Nc2ccccc2N(Cc2ncc(-c3noc(C(F)(F)F)n3)cn2)C1Cc1ccc(F)c(F)c1. The van der Waals surface area contributed by atoms with Gasteiger partial charge in [-0.1, -0.05) is 23.4 Å². The van der Waals surface area contributed by atoms with Crippen LogP contribution in [0, 0.1) is 11.6 Å². The number of rotatable bonds is 5. The van der Waals surface area contributed by atoms with Gasteiger partial charge in [-0.05, 0) is 29.8 Å². The first-order valence-corrected chi connectivity index (χ1v) is 10.5. The van der Waals surface area contributed by atoms with Crippen LogP contribution < -0.4 is 10.2 Å². The largest absolute Gasteiger partial charge is 0.471 e. The first-order valence-electron chi connectivity index (χ1n) is 10.5. The van der Waals surface area contributed by atoms with E-state index in [0.29, 0.717) is 16.9 Å². The predicted molar refractivity (Wildman–Crippen MR) is 115 cm³/mol. The monoisotopic (exact) mass is 502 g/mol. The van der Waals surface area contributed by atoms with E-state index in [9.17, 15) is 26.7 Å². The third kappa shape index (κ3) is 4.59. The number of hydrogen-bond donors (Lipinski definition) is 1. The molecule has 5 rings (SSSR count). The van der Waals surface area contributed by atoms with Crippen molar-refractivity contribution in [2.45, 2.75) is 25.2 Å². The molecule has 0 saturated carbocycles. The standard InChI is InChI=1S/C23H15F5N6O2/c24-14-6-5-12(7-15(14)25)8-18-21(35)31-16-3-1-2-4-17(16)34(18)11-19-29-9-13(10-30-19)20-32-22(36-33-20)23(26,27)28/h1-7,9-10,18H,8,11H2,(H,31,35). The van der Waals surface area contributed by atoms with E-state index < -0.39 is 29.7 Å². The Kier molecular flexibility index (Phi) is 5.82. The van der Waals surface area contributed by atoms with Crippen molar-refractivity contribution in [3.8, 4) is 11.4 Å². The lowest BCUT2D eigenvalue weighted by Crippen LogP contribution is -2.49. The second-order valence-electron chi connectivity index (χ2n) is 7.91. The van der Waals surface area contributed by atoms with Crippen molar-refractivity contribution >= 4 is 17.3 Å². The summed E-state index contributed by atoms with van der Waals surface area (Å²) in [6, 6.07) is 9.64. The van der Waals surface area contributed by atoms with E-state index in [1.807, 2.05) is 0 Å². The molecule has 8 nitrogen and oxygen atoms in total. The van der Waals surface area contributed by atoms with Gasteiger partial charge in [-0.2, -0.15) is 18.2 Å². The number of carbonyl (C=O) groups excluding carboxylic acids is 1. The normalized spacial score (nSPS) is 15.5. The average Bonchev–Trinajstić information content (AvgIpc) is 3.35. The number of para-hydroxylation sites is 2. The number of aromatic nitrogens is 4. The van der Waals surface area contributed by atoms with E-state index in [1.54, 1.807) is 29.2 Å². The van der Waals surface area contributed by atoms with Crippen molar-refractivity contribution in [1.82, 2.24) is 20.1 Å². The lowest BCUT2D eigenvalue weighted by atomic mass is 10.00. The molecule has 1 unspecified atom stereocenters. The first-order chi connectivity index (χ1) is 17.2. The number of fused-ring (bicyclic) bond motifs is 1. The van der Waals surface area contributed by atoms with Crippen LogP contribution in [0.15, 0.2) is 59.4 Å². The smallest absolute Gasteiger partial charge is 0.350 e. The second-order valence-corrected chi connectivity index (χ2v) is 7.91. The van der Waals surface area contributed by atoms with Gasteiger partial charge in [0.1, 0.15) is 11.9 Å². The van der Waals surface area contributed by atoms with Crippen molar-refractivity contribution in [2.75, 3.05) is 10.2 Å². The van der Waals surface area contributed by atoms with Gasteiger partial charge in [0, 0.05) is 18.8 Å².